The molecule has 0 unspecified atom stereocenters. The van der Waals surface area contributed by atoms with Crippen molar-refractivity contribution in [3.8, 4) is 0 Å². The highest BCUT2D eigenvalue weighted by atomic mass is 16.7. The van der Waals surface area contributed by atoms with Gasteiger partial charge in [0.15, 0.2) is 5.79 Å². The maximum atomic E-state index is 5.79. The third kappa shape index (κ3) is 3.25. The quantitative estimate of drug-likeness (QED) is 0.753. The Balaban J connectivity index is 1.78. The van der Waals surface area contributed by atoms with Gasteiger partial charge < -0.3 is 14.4 Å². The van der Waals surface area contributed by atoms with E-state index in [1.54, 1.807) is 0 Å². The van der Waals surface area contributed by atoms with Crippen LogP contribution >= 0.6 is 0 Å². The third-order valence-electron chi connectivity index (χ3n) is 4.85. The van der Waals surface area contributed by atoms with Gasteiger partial charge in [-0.15, -0.1) is 0 Å². The van der Waals surface area contributed by atoms with E-state index in [0.717, 1.165) is 38.0 Å². The molecule has 106 valence electrons. The van der Waals surface area contributed by atoms with E-state index in [4.69, 9.17) is 9.47 Å². The average Bonchev–Trinajstić information content (AvgIpc) is 2.85. The summed E-state index contributed by atoms with van der Waals surface area (Å²) in [5, 5.41) is 0. The van der Waals surface area contributed by atoms with Crippen LogP contribution in [0.3, 0.4) is 0 Å². The van der Waals surface area contributed by atoms with Crippen molar-refractivity contribution in [1.82, 2.24) is 4.90 Å². The van der Waals surface area contributed by atoms with E-state index in [1.165, 1.54) is 32.2 Å². The molecule has 0 aromatic heterocycles. The van der Waals surface area contributed by atoms with E-state index in [1.807, 2.05) is 0 Å². The first-order valence-corrected chi connectivity index (χ1v) is 7.67. The predicted octanol–water partition coefficient (Wildman–Crippen LogP) is 3.04. The van der Waals surface area contributed by atoms with Crippen molar-refractivity contribution in [3.05, 3.63) is 0 Å². The average molecular weight is 255 g/mol. The number of nitrogens with zero attached hydrogens (tertiary/aromatic N) is 1. The topological polar surface area (TPSA) is 21.7 Å². The maximum Gasteiger partial charge on any atom is 0.168 e. The molecule has 0 aromatic rings. The molecule has 3 heteroatoms. The highest BCUT2D eigenvalue weighted by Crippen LogP contribution is 2.37. The molecule has 1 saturated carbocycles. The van der Waals surface area contributed by atoms with Crippen LogP contribution in [0.5, 0.6) is 0 Å². The minimum atomic E-state index is -0.202. The van der Waals surface area contributed by atoms with Gasteiger partial charge in [-0.3, -0.25) is 0 Å². The van der Waals surface area contributed by atoms with Crippen LogP contribution in [0.15, 0.2) is 0 Å². The number of hydrogen-bond donors (Lipinski definition) is 0. The summed E-state index contributed by atoms with van der Waals surface area (Å²) in [5.41, 5.74) is 0. The van der Waals surface area contributed by atoms with Crippen molar-refractivity contribution >= 4 is 0 Å². The Morgan fingerprint density at radius 3 is 2.17 bits per heavy atom. The fraction of sp³-hybridized carbons (Fsp3) is 1.00. The lowest BCUT2D eigenvalue weighted by Crippen LogP contribution is -2.44. The minimum Gasteiger partial charge on any atom is -0.348 e. The summed E-state index contributed by atoms with van der Waals surface area (Å²) < 4.78 is 11.6. The minimum absolute atomic E-state index is 0.202. The Morgan fingerprint density at radius 1 is 1.11 bits per heavy atom. The van der Waals surface area contributed by atoms with Gasteiger partial charge >= 0.3 is 0 Å². The smallest absolute Gasteiger partial charge is 0.168 e. The molecule has 0 N–H and O–H groups in total. The molecule has 1 heterocycles. The van der Waals surface area contributed by atoms with Crippen molar-refractivity contribution in [2.24, 2.45) is 5.92 Å². The van der Waals surface area contributed by atoms with Crippen LogP contribution in [0.2, 0.25) is 0 Å². The standard InChI is InChI=1S/C15H29NO2/c1-4-13(5-2)12-16(3)14-6-8-15(9-7-14)17-10-11-18-15/h13-14H,4-12H2,1-3H3. The van der Waals surface area contributed by atoms with E-state index in [0.29, 0.717) is 0 Å². The van der Waals surface area contributed by atoms with Crippen molar-refractivity contribution in [2.45, 2.75) is 64.2 Å². The van der Waals surface area contributed by atoms with Crippen LogP contribution in [0.4, 0.5) is 0 Å². The summed E-state index contributed by atoms with van der Waals surface area (Å²) in [7, 11) is 2.29. The Hall–Kier alpha value is -0.120. The van der Waals surface area contributed by atoms with Crippen molar-refractivity contribution in [3.63, 3.8) is 0 Å². The second kappa shape index (κ2) is 6.36. The predicted molar refractivity (Wildman–Crippen MR) is 73.6 cm³/mol. The van der Waals surface area contributed by atoms with Crippen LogP contribution in [-0.2, 0) is 9.47 Å². The summed E-state index contributed by atoms with van der Waals surface area (Å²) in [6.07, 6.45) is 7.18. The largest absolute Gasteiger partial charge is 0.348 e. The second-order valence-electron chi connectivity index (χ2n) is 5.96. The Labute approximate surface area is 112 Å². The lowest BCUT2D eigenvalue weighted by atomic mass is 9.88. The highest BCUT2D eigenvalue weighted by molar-refractivity contribution is 4.86. The summed E-state index contributed by atoms with van der Waals surface area (Å²) >= 11 is 0. The van der Waals surface area contributed by atoms with Crippen LogP contribution < -0.4 is 0 Å². The molecule has 3 nitrogen and oxygen atoms in total. The number of rotatable bonds is 5. The molecule has 0 radical (unpaired) electrons. The molecule has 2 rings (SSSR count). The highest BCUT2D eigenvalue weighted by Gasteiger charge is 2.41. The molecule has 0 amide bonds. The molecular formula is C15H29NO2. The molecule has 0 aromatic carbocycles. The van der Waals surface area contributed by atoms with Gasteiger partial charge in [0.05, 0.1) is 13.2 Å². The van der Waals surface area contributed by atoms with E-state index >= 15 is 0 Å². The number of hydrogen-bond acceptors (Lipinski definition) is 3. The van der Waals surface area contributed by atoms with Gasteiger partial charge in [-0.2, -0.15) is 0 Å². The second-order valence-corrected chi connectivity index (χ2v) is 5.96. The van der Waals surface area contributed by atoms with Gasteiger partial charge in [-0.1, -0.05) is 26.7 Å². The lowest BCUT2D eigenvalue weighted by molar-refractivity contribution is -0.183. The summed E-state index contributed by atoms with van der Waals surface area (Å²) in [6, 6.07) is 0.726. The summed E-state index contributed by atoms with van der Waals surface area (Å²) in [5.74, 6) is 0.650. The summed E-state index contributed by atoms with van der Waals surface area (Å²) in [4.78, 5) is 2.57. The fourth-order valence-corrected chi connectivity index (χ4v) is 3.37. The Bertz CT molecular complexity index is 237. The van der Waals surface area contributed by atoms with Crippen LogP contribution in [0.25, 0.3) is 0 Å². The van der Waals surface area contributed by atoms with Crippen molar-refractivity contribution < 1.29 is 9.47 Å². The first-order chi connectivity index (χ1) is 8.69. The monoisotopic (exact) mass is 255 g/mol. The first kappa shape index (κ1) is 14.3. The van der Waals surface area contributed by atoms with Crippen molar-refractivity contribution in [2.75, 3.05) is 26.8 Å². The van der Waals surface area contributed by atoms with Gasteiger partial charge in [0, 0.05) is 25.4 Å². The molecule has 1 saturated heterocycles. The molecule has 2 fully saturated rings. The first-order valence-electron chi connectivity index (χ1n) is 7.67. The molecular weight excluding hydrogens is 226 g/mol. The molecule has 2 aliphatic rings. The van der Waals surface area contributed by atoms with Crippen LogP contribution in [0, 0.1) is 5.92 Å². The Kier molecular flexibility index (Phi) is 5.05. The molecule has 18 heavy (non-hydrogen) atoms. The molecule has 1 aliphatic carbocycles. The van der Waals surface area contributed by atoms with E-state index < -0.39 is 0 Å². The maximum absolute atomic E-state index is 5.79. The van der Waals surface area contributed by atoms with E-state index in [-0.39, 0.29) is 5.79 Å². The lowest BCUT2D eigenvalue weighted by Gasteiger charge is -2.40. The molecule has 0 bridgehead atoms. The third-order valence-corrected chi connectivity index (χ3v) is 4.85. The van der Waals surface area contributed by atoms with Crippen LogP contribution in [-0.4, -0.2) is 43.5 Å². The van der Waals surface area contributed by atoms with Gasteiger partial charge in [-0.25, -0.2) is 0 Å². The SMILES string of the molecule is CCC(CC)CN(C)C1CCC2(CC1)OCCO2. The van der Waals surface area contributed by atoms with Gasteiger partial charge in [0.25, 0.3) is 0 Å². The number of ether oxygens (including phenoxy) is 2. The fourth-order valence-electron chi connectivity index (χ4n) is 3.37. The zero-order chi connectivity index (χ0) is 13.0. The molecule has 1 aliphatic heterocycles. The zero-order valence-electron chi connectivity index (χ0n) is 12.3. The van der Waals surface area contributed by atoms with Gasteiger partial charge in [0.1, 0.15) is 0 Å². The van der Waals surface area contributed by atoms with Gasteiger partial charge in [-0.05, 0) is 25.8 Å². The Morgan fingerprint density at radius 2 is 1.67 bits per heavy atom. The van der Waals surface area contributed by atoms with E-state index in [2.05, 4.69) is 25.8 Å². The normalized spacial score (nSPS) is 24.5. The van der Waals surface area contributed by atoms with Gasteiger partial charge in [0.2, 0.25) is 0 Å². The van der Waals surface area contributed by atoms with Crippen LogP contribution in [0.1, 0.15) is 52.4 Å². The zero-order valence-corrected chi connectivity index (χ0v) is 12.3. The molecule has 1 spiro atoms. The summed E-state index contributed by atoms with van der Waals surface area (Å²) in [6.45, 7) is 7.42. The molecule has 0 atom stereocenters. The van der Waals surface area contributed by atoms with E-state index in [9.17, 15) is 0 Å². The van der Waals surface area contributed by atoms with Crippen molar-refractivity contribution in [1.29, 1.82) is 0 Å².